The van der Waals surface area contributed by atoms with Crippen LogP contribution < -0.4 is 9.47 Å². The van der Waals surface area contributed by atoms with Gasteiger partial charge in [-0.1, -0.05) is 66.4 Å². The molecular weight excluding hydrogens is 366 g/mol. The summed E-state index contributed by atoms with van der Waals surface area (Å²) in [4.78, 5) is 15.2. The van der Waals surface area contributed by atoms with Gasteiger partial charge in [0.2, 0.25) is 0 Å². The molecule has 0 aromatic heterocycles. The van der Waals surface area contributed by atoms with Gasteiger partial charge in [-0.25, -0.2) is 0 Å². The van der Waals surface area contributed by atoms with E-state index < -0.39 is 0 Å². The summed E-state index contributed by atoms with van der Waals surface area (Å²) in [5.74, 6) is 1.12. The lowest BCUT2D eigenvalue weighted by atomic mass is 10.1. The number of ether oxygens (including phenoxy) is 2. The number of hydrogen-bond acceptors (Lipinski definition) is 5. The SMILES string of the molecule is COc1cccc(/C=C2\SC(=S)N([C@@H](C)c3ccccc3)C2=O)c1OC. The Morgan fingerprint density at radius 3 is 2.46 bits per heavy atom. The lowest BCUT2D eigenvalue weighted by Crippen LogP contribution is -2.30. The summed E-state index contributed by atoms with van der Waals surface area (Å²) in [6.07, 6.45) is 1.80. The third-order valence-electron chi connectivity index (χ3n) is 4.21. The summed E-state index contributed by atoms with van der Waals surface area (Å²) < 4.78 is 11.3. The highest BCUT2D eigenvalue weighted by Gasteiger charge is 2.36. The van der Waals surface area contributed by atoms with Gasteiger partial charge in [-0.05, 0) is 24.6 Å². The normalized spacial score (nSPS) is 16.9. The van der Waals surface area contributed by atoms with E-state index in [0.29, 0.717) is 20.7 Å². The van der Waals surface area contributed by atoms with E-state index in [9.17, 15) is 4.79 Å². The van der Waals surface area contributed by atoms with Crippen LogP contribution in [0.5, 0.6) is 11.5 Å². The number of amides is 1. The average Bonchev–Trinajstić information content (AvgIpc) is 2.94. The Kier molecular flexibility index (Phi) is 5.64. The molecule has 1 heterocycles. The molecule has 1 aliphatic heterocycles. The van der Waals surface area contributed by atoms with Crippen LogP contribution in [0.3, 0.4) is 0 Å². The van der Waals surface area contributed by atoms with Gasteiger partial charge in [-0.15, -0.1) is 0 Å². The minimum atomic E-state index is -0.123. The van der Waals surface area contributed by atoms with Crippen LogP contribution >= 0.6 is 24.0 Å². The molecule has 0 aliphatic carbocycles. The van der Waals surface area contributed by atoms with Crippen LogP contribution in [-0.4, -0.2) is 29.3 Å². The maximum atomic E-state index is 13.0. The highest BCUT2D eigenvalue weighted by Crippen LogP contribution is 2.40. The Morgan fingerprint density at radius 2 is 1.81 bits per heavy atom. The molecule has 3 rings (SSSR count). The van der Waals surface area contributed by atoms with Crippen molar-refractivity contribution in [2.24, 2.45) is 0 Å². The molecule has 1 amide bonds. The highest BCUT2D eigenvalue weighted by molar-refractivity contribution is 8.26. The highest BCUT2D eigenvalue weighted by atomic mass is 32.2. The molecule has 0 unspecified atom stereocenters. The molecule has 4 nitrogen and oxygen atoms in total. The van der Waals surface area contributed by atoms with E-state index in [1.807, 2.05) is 55.5 Å². The number of methoxy groups -OCH3 is 2. The Morgan fingerprint density at radius 1 is 1.08 bits per heavy atom. The van der Waals surface area contributed by atoms with Gasteiger partial charge < -0.3 is 9.47 Å². The molecule has 0 N–H and O–H groups in total. The van der Waals surface area contributed by atoms with Crippen molar-refractivity contribution in [3.05, 3.63) is 64.6 Å². The molecular formula is C20H19NO3S2. The number of hydrogen-bond donors (Lipinski definition) is 0. The Balaban J connectivity index is 1.93. The second kappa shape index (κ2) is 7.93. The Hall–Kier alpha value is -2.31. The molecule has 2 aromatic carbocycles. The summed E-state index contributed by atoms with van der Waals surface area (Å²) in [7, 11) is 3.17. The van der Waals surface area contributed by atoms with Crippen LogP contribution in [0, 0.1) is 0 Å². The summed E-state index contributed by atoms with van der Waals surface area (Å²) in [5.41, 5.74) is 1.82. The number of para-hydroxylation sites is 1. The van der Waals surface area contributed by atoms with Gasteiger partial charge in [0.05, 0.1) is 25.2 Å². The van der Waals surface area contributed by atoms with Crippen molar-refractivity contribution in [3.8, 4) is 11.5 Å². The quantitative estimate of drug-likeness (QED) is 0.553. The number of thiocarbonyl (C=S) groups is 1. The number of rotatable bonds is 5. The van der Waals surface area contributed by atoms with E-state index >= 15 is 0 Å². The van der Waals surface area contributed by atoms with Gasteiger partial charge in [-0.3, -0.25) is 9.69 Å². The number of thioether (sulfide) groups is 1. The first-order chi connectivity index (χ1) is 12.6. The molecule has 134 valence electrons. The van der Waals surface area contributed by atoms with E-state index in [1.54, 1.807) is 25.2 Å². The number of nitrogens with zero attached hydrogens (tertiary/aromatic N) is 1. The first kappa shape index (κ1) is 18.5. The molecule has 26 heavy (non-hydrogen) atoms. The number of carbonyl (C=O) groups is 1. The van der Waals surface area contributed by atoms with Crippen LogP contribution in [0.2, 0.25) is 0 Å². The van der Waals surface area contributed by atoms with Gasteiger partial charge in [0.1, 0.15) is 4.32 Å². The number of carbonyl (C=O) groups excluding carboxylic acids is 1. The van der Waals surface area contributed by atoms with Gasteiger partial charge in [0, 0.05) is 5.56 Å². The monoisotopic (exact) mass is 385 g/mol. The minimum Gasteiger partial charge on any atom is -0.493 e. The lowest BCUT2D eigenvalue weighted by Gasteiger charge is -2.23. The van der Waals surface area contributed by atoms with Crippen molar-refractivity contribution < 1.29 is 14.3 Å². The van der Waals surface area contributed by atoms with Crippen LogP contribution in [-0.2, 0) is 4.79 Å². The van der Waals surface area contributed by atoms with Crippen LogP contribution in [0.1, 0.15) is 24.1 Å². The predicted octanol–water partition coefficient (Wildman–Crippen LogP) is 4.67. The van der Waals surface area contributed by atoms with E-state index in [0.717, 1.165) is 11.1 Å². The summed E-state index contributed by atoms with van der Waals surface area (Å²) in [5, 5.41) is 0. The van der Waals surface area contributed by atoms with Gasteiger partial charge >= 0.3 is 0 Å². The second-order valence-corrected chi connectivity index (χ2v) is 7.40. The molecule has 1 saturated heterocycles. The Labute approximate surface area is 162 Å². The van der Waals surface area contributed by atoms with Gasteiger partial charge in [-0.2, -0.15) is 0 Å². The lowest BCUT2D eigenvalue weighted by molar-refractivity contribution is -0.123. The topological polar surface area (TPSA) is 38.8 Å². The zero-order chi connectivity index (χ0) is 18.7. The molecule has 6 heteroatoms. The van der Waals surface area contributed by atoms with Gasteiger partial charge in [0.15, 0.2) is 11.5 Å². The summed E-state index contributed by atoms with van der Waals surface area (Å²) in [6.45, 7) is 1.98. The van der Waals surface area contributed by atoms with Crippen molar-refractivity contribution in [3.63, 3.8) is 0 Å². The van der Waals surface area contributed by atoms with Crippen molar-refractivity contribution >= 4 is 40.3 Å². The van der Waals surface area contributed by atoms with Crippen molar-refractivity contribution in [1.82, 2.24) is 4.90 Å². The third kappa shape index (κ3) is 3.48. The summed E-state index contributed by atoms with van der Waals surface area (Å²) in [6, 6.07) is 15.3. The molecule has 1 fully saturated rings. The fourth-order valence-corrected chi connectivity index (χ4v) is 4.27. The molecule has 2 aromatic rings. The molecule has 1 aliphatic rings. The van der Waals surface area contributed by atoms with Crippen LogP contribution in [0.15, 0.2) is 53.4 Å². The molecule has 0 radical (unpaired) electrons. The maximum absolute atomic E-state index is 13.0. The second-order valence-electron chi connectivity index (χ2n) is 5.72. The van der Waals surface area contributed by atoms with E-state index in [-0.39, 0.29) is 11.9 Å². The Bertz CT molecular complexity index is 865. The van der Waals surface area contributed by atoms with Crippen LogP contribution in [0.4, 0.5) is 0 Å². The fourth-order valence-electron chi connectivity index (χ4n) is 2.86. The van der Waals surface area contributed by atoms with Crippen molar-refractivity contribution in [2.45, 2.75) is 13.0 Å². The molecule has 1 atom stereocenters. The van der Waals surface area contributed by atoms with E-state index in [4.69, 9.17) is 21.7 Å². The molecule has 0 bridgehead atoms. The minimum absolute atomic E-state index is 0.0961. The molecule has 0 saturated carbocycles. The van der Waals surface area contributed by atoms with E-state index in [1.165, 1.54) is 11.8 Å². The van der Waals surface area contributed by atoms with Gasteiger partial charge in [0.25, 0.3) is 5.91 Å². The standard InChI is InChI=1S/C20H19NO3S2/c1-13(14-8-5-4-6-9-14)21-19(22)17(26-20(21)25)12-15-10-7-11-16(23-2)18(15)24-3/h4-13H,1-3H3/b17-12-/t13-/m0/s1. The maximum Gasteiger partial charge on any atom is 0.266 e. The van der Waals surface area contributed by atoms with Crippen LogP contribution in [0.25, 0.3) is 6.08 Å². The van der Waals surface area contributed by atoms with E-state index in [2.05, 4.69) is 0 Å². The summed E-state index contributed by atoms with van der Waals surface area (Å²) >= 11 is 6.77. The third-order valence-corrected chi connectivity index (χ3v) is 5.54. The van der Waals surface area contributed by atoms with Crippen molar-refractivity contribution in [2.75, 3.05) is 14.2 Å². The first-order valence-corrected chi connectivity index (χ1v) is 9.32. The van der Waals surface area contributed by atoms with Crippen molar-refractivity contribution in [1.29, 1.82) is 0 Å². The number of benzene rings is 2. The largest absolute Gasteiger partial charge is 0.493 e. The molecule has 0 spiro atoms. The average molecular weight is 386 g/mol. The zero-order valence-corrected chi connectivity index (χ0v) is 16.4. The first-order valence-electron chi connectivity index (χ1n) is 8.09. The predicted molar refractivity (Wildman–Crippen MR) is 109 cm³/mol. The fraction of sp³-hybridized carbons (Fsp3) is 0.200. The zero-order valence-electron chi connectivity index (χ0n) is 14.8. The smallest absolute Gasteiger partial charge is 0.266 e.